The summed E-state index contributed by atoms with van der Waals surface area (Å²) in [6.07, 6.45) is 5.87. The molecule has 0 aromatic carbocycles. The Labute approximate surface area is 48.4 Å². The first-order chi connectivity index (χ1) is 3.86. The van der Waals surface area contributed by atoms with Crippen LogP contribution in [0.4, 0.5) is 0 Å². The van der Waals surface area contributed by atoms with E-state index in [0.717, 1.165) is 18.3 Å². The fourth-order valence-electron chi connectivity index (χ4n) is 1.30. The van der Waals surface area contributed by atoms with Crippen molar-refractivity contribution in [3.05, 3.63) is 12.2 Å². The zero-order valence-electron chi connectivity index (χ0n) is 4.63. The quantitative estimate of drug-likeness (QED) is 0.455. The Morgan fingerprint density at radius 3 is 3.12 bits per heavy atom. The minimum absolute atomic E-state index is 0.323. The van der Waals surface area contributed by atoms with Crippen LogP contribution in [0.15, 0.2) is 12.2 Å². The van der Waals surface area contributed by atoms with Gasteiger partial charge in [0.1, 0.15) is 0 Å². The van der Waals surface area contributed by atoms with Crippen molar-refractivity contribution in [2.75, 3.05) is 0 Å². The molecule has 42 valence electrons. The summed E-state index contributed by atoms with van der Waals surface area (Å²) >= 11 is 0. The number of allylic oxidation sites excluding steroid dienone is 2. The fraction of sp³-hybridized carbons (Fsp3) is 0.571. The lowest BCUT2D eigenvalue weighted by Crippen LogP contribution is -1.99. The van der Waals surface area contributed by atoms with Crippen molar-refractivity contribution in [3.63, 3.8) is 0 Å². The number of fused-ring (bicyclic) bond motifs is 1. The molecule has 1 heteroatoms. The second-order valence-corrected chi connectivity index (χ2v) is 2.69. The smallest absolute Gasteiger partial charge is 0.155 e. The standard InChI is InChI=1S/C7H8O/c8-7-2-1-5-3-6(5)4-7/h1-2,5-6H,3-4H2. The largest absolute Gasteiger partial charge is 0.295 e. The molecule has 0 bridgehead atoms. The van der Waals surface area contributed by atoms with Crippen LogP contribution in [0.2, 0.25) is 0 Å². The monoisotopic (exact) mass is 108 g/mol. The molecule has 2 aliphatic rings. The summed E-state index contributed by atoms with van der Waals surface area (Å²) < 4.78 is 0. The molecule has 0 heterocycles. The summed E-state index contributed by atoms with van der Waals surface area (Å²) in [7, 11) is 0. The predicted octanol–water partition coefficient (Wildman–Crippen LogP) is 1.15. The Hall–Kier alpha value is -0.590. The second kappa shape index (κ2) is 1.22. The van der Waals surface area contributed by atoms with E-state index in [4.69, 9.17) is 0 Å². The molecule has 0 aromatic rings. The van der Waals surface area contributed by atoms with E-state index in [1.165, 1.54) is 6.42 Å². The van der Waals surface area contributed by atoms with Crippen molar-refractivity contribution in [1.29, 1.82) is 0 Å². The topological polar surface area (TPSA) is 17.1 Å². The van der Waals surface area contributed by atoms with Gasteiger partial charge in [0.2, 0.25) is 0 Å². The highest BCUT2D eigenvalue weighted by molar-refractivity contribution is 5.91. The number of rotatable bonds is 0. The van der Waals surface area contributed by atoms with Crippen LogP contribution in [-0.2, 0) is 4.79 Å². The van der Waals surface area contributed by atoms with Crippen LogP contribution in [0, 0.1) is 11.8 Å². The van der Waals surface area contributed by atoms with E-state index < -0.39 is 0 Å². The molecule has 1 fully saturated rings. The predicted molar refractivity (Wildman–Crippen MR) is 30.4 cm³/mol. The maximum Gasteiger partial charge on any atom is 0.155 e. The summed E-state index contributed by atoms with van der Waals surface area (Å²) in [6.45, 7) is 0. The van der Waals surface area contributed by atoms with Gasteiger partial charge in [-0.15, -0.1) is 0 Å². The van der Waals surface area contributed by atoms with E-state index in [0.29, 0.717) is 5.78 Å². The maximum absolute atomic E-state index is 10.6. The first-order valence-electron chi connectivity index (χ1n) is 3.07. The highest BCUT2D eigenvalue weighted by atomic mass is 16.1. The van der Waals surface area contributed by atoms with Crippen molar-refractivity contribution in [3.8, 4) is 0 Å². The normalized spacial score (nSPS) is 41.8. The molecule has 1 saturated carbocycles. The molecule has 0 radical (unpaired) electrons. The maximum atomic E-state index is 10.6. The molecule has 0 aromatic heterocycles. The van der Waals surface area contributed by atoms with Crippen LogP contribution in [0.1, 0.15) is 12.8 Å². The Morgan fingerprint density at radius 1 is 1.62 bits per heavy atom. The van der Waals surface area contributed by atoms with Gasteiger partial charge in [0, 0.05) is 6.42 Å². The summed E-state index contributed by atoms with van der Waals surface area (Å²) in [5, 5.41) is 0. The van der Waals surface area contributed by atoms with Crippen molar-refractivity contribution in [1.82, 2.24) is 0 Å². The minimum Gasteiger partial charge on any atom is -0.295 e. The van der Waals surface area contributed by atoms with Crippen molar-refractivity contribution >= 4 is 5.78 Å². The number of hydrogen-bond acceptors (Lipinski definition) is 1. The zero-order chi connectivity index (χ0) is 5.56. The molecular formula is C7H8O. The Bertz CT molecular complexity index is 158. The van der Waals surface area contributed by atoms with Gasteiger partial charge in [-0.2, -0.15) is 0 Å². The van der Waals surface area contributed by atoms with Gasteiger partial charge >= 0.3 is 0 Å². The first-order valence-corrected chi connectivity index (χ1v) is 3.07. The van der Waals surface area contributed by atoms with Crippen LogP contribution >= 0.6 is 0 Å². The zero-order valence-corrected chi connectivity index (χ0v) is 4.63. The van der Waals surface area contributed by atoms with Crippen molar-refractivity contribution in [2.24, 2.45) is 11.8 Å². The molecule has 2 atom stereocenters. The lowest BCUT2D eigenvalue weighted by molar-refractivity contribution is -0.115. The summed E-state index contributed by atoms with van der Waals surface area (Å²) in [5.74, 6) is 1.85. The van der Waals surface area contributed by atoms with Gasteiger partial charge in [0.15, 0.2) is 5.78 Å². The molecule has 1 nitrogen and oxygen atoms in total. The lowest BCUT2D eigenvalue weighted by atomic mass is 10.1. The molecule has 2 rings (SSSR count). The van der Waals surface area contributed by atoms with Gasteiger partial charge in [-0.3, -0.25) is 4.79 Å². The molecule has 0 spiro atoms. The average molecular weight is 108 g/mol. The van der Waals surface area contributed by atoms with Gasteiger partial charge < -0.3 is 0 Å². The number of hydrogen-bond donors (Lipinski definition) is 0. The van der Waals surface area contributed by atoms with Gasteiger partial charge in [-0.25, -0.2) is 0 Å². The highest BCUT2D eigenvalue weighted by Crippen LogP contribution is 2.44. The van der Waals surface area contributed by atoms with E-state index in [1.807, 2.05) is 0 Å². The number of carbonyl (C=O) groups is 1. The van der Waals surface area contributed by atoms with Gasteiger partial charge in [-0.1, -0.05) is 6.08 Å². The van der Waals surface area contributed by atoms with Crippen molar-refractivity contribution in [2.45, 2.75) is 12.8 Å². The number of carbonyl (C=O) groups excluding carboxylic acids is 1. The van der Waals surface area contributed by atoms with Crippen LogP contribution in [0.25, 0.3) is 0 Å². The van der Waals surface area contributed by atoms with Crippen molar-refractivity contribution < 1.29 is 4.79 Å². The lowest BCUT2D eigenvalue weighted by Gasteiger charge is -1.96. The third-order valence-electron chi connectivity index (χ3n) is 1.97. The summed E-state index contributed by atoms with van der Waals surface area (Å²) in [4.78, 5) is 10.6. The average Bonchev–Trinajstić information content (AvgIpc) is 2.43. The fourth-order valence-corrected chi connectivity index (χ4v) is 1.30. The van der Waals surface area contributed by atoms with E-state index in [9.17, 15) is 4.79 Å². The van der Waals surface area contributed by atoms with Crippen LogP contribution in [-0.4, -0.2) is 5.78 Å². The molecule has 0 aliphatic heterocycles. The van der Waals surface area contributed by atoms with E-state index in [-0.39, 0.29) is 0 Å². The SMILES string of the molecule is O=C1C=CC2CC2C1. The third kappa shape index (κ3) is 0.507. The van der Waals surface area contributed by atoms with Crippen LogP contribution in [0.3, 0.4) is 0 Å². The van der Waals surface area contributed by atoms with Gasteiger partial charge in [0.05, 0.1) is 0 Å². The third-order valence-corrected chi connectivity index (χ3v) is 1.97. The highest BCUT2D eigenvalue weighted by Gasteiger charge is 2.38. The molecule has 0 amide bonds. The van der Waals surface area contributed by atoms with Gasteiger partial charge in [-0.05, 0) is 24.3 Å². The molecule has 0 N–H and O–H groups in total. The Kier molecular flexibility index (Phi) is 0.655. The summed E-state index contributed by atoms with van der Waals surface area (Å²) in [5.41, 5.74) is 0. The Morgan fingerprint density at radius 2 is 2.50 bits per heavy atom. The minimum atomic E-state index is 0.323. The van der Waals surface area contributed by atoms with E-state index >= 15 is 0 Å². The van der Waals surface area contributed by atoms with Crippen LogP contribution < -0.4 is 0 Å². The van der Waals surface area contributed by atoms with E-state index in [1.54, 1.807) is 6.08 Å². The molecule has 0 saturated heterocycles. The van der Waals surface area contributed by atoms with Gasteiger partial charge in [0.25, 0.3) is 0 Å². The molecule has 2 aliphatic carbocycles. The second-order valence-electron chi connectivity index (χ2n) is 2.69. The molecular weight excluding hydrogens is 100 g/mol. The Balaban J connectivity index is 2.21. The van der Waals surface area contributed by atoms with E-state index in [2.05, 4.69) is 6.08 Å². The summed E-state index contributed by atoms with van der Waals surface area (Å²) in [6, 6.07) is 0. The first kappa shape index (κ1) is 4.30. The number of ketones is 1. The molecule has 2 unspecified atom stereocenters. The molecule has 8 heavy (non-hydrogen) atoms. The van der Waals surface area contributed by atoms with Crippen LogP contribution in [0.5, 0.6) is 0 Å².